The molecule has 1 aliphatic rings. The van der Waals surface area contributed by atoms with Crippen molar-refractivity contribution in [1.82, 2.24) is 10.2 Å². The first kappa shape index (κ1) is 15.5. The number of piperidine rings is 1. The van der Waals surface area contributed by atoms with Crippen molar-refractivity contribution in [2.45, 2.75) is 25.8 Å². The third-order valence-corrected chi connectivity index (χ3v) is 3.03. The fourth-order valence-electron chi connectivity index (χ4n) is 2.35. The van der Waals surface area contributed by atoms with Crippen LogP contribution in [0.3, 0.4) is 0 Å². The predicted octanol–water partition coefficient (Wildman–Crippen LogP) is 1.08. The quantitative estimate of drug-likeness (QED) is 0.706. The average molecular weight is 270 g/mol. The molecule has 1 heterocycles. The second-order valence-corrected chi connectivity index (χ2v) is 4.97. The minimum atomic E-state index is -0.798. The molecule has 2 unspecified atom stereocenters. The molecule has 0 bridgehead atoms. The molecule has 1 fully saturated rings. The molecule has 0 spiro atoms. The van der Waals surface area contributed by atoms with Gasteiger partial charge >= 0.3 is 12.1 Å². The lowest BCUT2D eigenvalue weighted by Gasteiger charge is -2.36. The zero-order valence-electron chi connectivity index (χ0n) is 11.3. The molecule has 0 saturated carbocycles. The van der Waals surface area contributed by atoms with Gasteiger partial charge in [0.1, 0.15) is 6.61 Å². The second-order valence-electron chi connectivity index (χ2n) is 4.97. The molecule has 0 aromatic carbocycles. The Morgan fingerprint density at radius 2 is 2.26 bits per heavy atom. The summed E-state index contributed by atoms with van der Waals surface area (Å²) in [4.78, 5) is 24.1. The lowest BCUT2D eigenvalue weighted by atomic mass is 9.96. The van der Waals surface area contributed by atoms with Crippen LogP contribution in [0.4, 0.5) is 4.79 Å². The van der Waals surface area contributed by atoms with E-state index in [4.69, 9.17) is 9.84 Å². The molecule has 19 heavy (non-hydrogen) atoms. The first-order valence-corrected chi connectivity index (χ1v) is 6.49. The van der Waals surface area contributed by atoms with E-state index in [0.717, 1.165) is 13.0 Å². The molecule has 1 aliphatic heterocycles. The molecule has 108 valence electrons. The Morgan fingerprint density at radius 1 is 1.53 bits per heavy atom. The molecule has 2 N–H and O–H groups in total. The van der Waals surface area contributed by atoms with E-state index in [1.54, 1.807) is 0 Å². The Morgan fingerprint density at radius 3 is 2.89 bits per heavy atom. The summed E-state index contributed by atoms with van der Waals surface area (Å²) in [6.07, 6.45) is 2.08. The summed E-state index contributed by atoms with van der Waals surface area (Å²) in [5, 5.41) is 11.5. The van der Waals surface area contributed by atoms with E-state index in [9.17, 15) is 9.59 Å². The van der Waals surface area contributed by atoms with Crippen LogP contribution in [0.25, 0.3) is 0 Å². The number of alkyl carbamates (subject to hydrolysis) is 1. The number of carboxylic acids is 1. The molecular formula is C13H22N2O4. The highest BCUT2D eigenvalue weighted by Crippen LogP contribution is 2.16. The maximum Gasteiger partial charge on any atom is 0.407 e. The van der Waals surface area contributed by atoms with Crippen molar-refractivity contribution in [1.29, 1.82) is 0 Å². The largest absolute Gasteiger partial charge is 0.481 e. The number of rotatable bonds is 6. The summed E-state index contributed by atoms with van der Waals surface area (Å²) in [5.74, 6) is -0.375. The van der Waals surface area contributed by atoms with Gasteiger partial charge in [0.25, 0.3) is 0 Å². The highest BCUT2D eigenvalue weighted by atomic mass is 16.5. The van der Waals surface area contributed by atoms with Crippen LogP contribution in [0, 0.1) is 5.92 Å². The molecule has 0 aliphatic carbocycles. The predicted molar refractivity (Wildman–Crippen MR) is 70.9 cm³/mol. The van der Waals surface area contributed by atoms with Gasteiger partial charge in [-0.25, -0.2) is 4.79 Å². The van der Waals surface area contributed by atoms with Gasteiger partial charge in [-0.05, 0) is 12.3 Å². The maximum atomic E-state index is 11.5. The van der Waals surface area contributed by atoms with E-state index in [1.807, 2.05) is 0 Å². The van der Waals surface area contributed by atoms with Crippen LogP contribution in [-0.4, -0.2) is 54.4 Å². The maximum absolute atomic E-state index is 11.5. The molecule has 1 rings (SSSR count). The highest BCUT2D eigenvalue weighted by molar-refractivity contribution is 5.68. The van der Waals surface area contributed by atoms with Crippen molar-refractivity contribution in [3.05, 3.63) is 12.7 Å². The van der Waals surface area contributed by atoms with Gasteiger partial charge in [0, 0.05) is 25.7 Å². The minimum Gasteiger partial charge on any atom is -0.481 e. The zero-order chi connectivity index (χ0) is 14.3. The fourth-order valence-corrected chi connectivity index (χ4v) is 2.35. The Hall–Kier alpha value is -1.56. The lowest BCUT2D eigenvalue weighted by Crippen LogP contribution is -2.50. The van der Waals surface area contributed by atoms with Crippen LogP contribution in [0.2, 0.25) is 0 Å². The van der Waals surface area contributed by atoms with Gasteiger partial charge in [-0.3, -0.25) is 4.79 Å². The first-order chi connectivity index (χ1) is 9.01. The Balaban J connectivity index is 2.38. The van der Waals surface area contributed by atoms with Crippen LogP contribution in [-0.2, 0) is 9.53 Å². The number of carbonyl (C=O) groups is 2. The number of aliphatic carboxylic acids is 1. The van der Waals surface area contributed by atoms with Gasteiger partial charge in [0.15, 0.2) is 0 Å². The minimum absolute atomic E-state index is 0.00913. The molecule has 6 heteroatoms. The van der Waals surface area contributed by atoms with Crippen LogP contribution < -0.4 is 5.32 Å². The summed E-state index contributed by atoms with van der Waals surface area (Å²) < 4.78 is 4.88. The van der Waals surface area contributed by atoms with E-state index in [0.29, 0.717) is 19.0 Å². The third kappa shape index (κ3) is 6.24. The highest BCUT2D eigenvalue weighted by Gasteiger charge is 2.26. The molecule has 6 nitrogen and oxygen atoms in total. The number of ether oxygens (including phenoxy) is 1. The Kier molecular flexibility index (Phi) is 6.35. The number of hydrogen-bond donors (Lipinski definition) is 2. The second kappa shape index (κ2) is 7.78. The Labute approximate surface area is 113 Å². The summed E-state index contributed by atoms with van der Waals surface area (Å²) in [6.45, 7) is 7.81. The van der Waals surface area contributed by atoms with Crippen LogP contribution >= 0.6 is 0 Å². The monoisotopic (exact) mass is 270 g/mol. The van der Waals surface area contributed by atoms with Crippen molar-refractivity contribution in [2.75, 3.05) is 26.2 Å². The summed E-state index contributed by atoms with van der Waals surface area (Å²) in [7, 11) is 0. The topological polar surface area (TPSA) is 78.9 Å². The number of nitrogens with one attached hydrogen (secondary N) is 1. The molecule has 0 aromatic heterocycles. The standard InChI is InChI=1S/C13H22N2O4/c1-3-6-19-13(18)14-11-7-10(2)8-15(9-11)5-4-12(16)17/h3,10-11H,1,4-9H2,2H3,(H,14,18)(H,16,17). The van der Waals surface area contributed by atoms with Crippen LogP contribution in [0.5, 0.6) is 0 Å². The van der Waals surface area contributed by atoms with Gasteiger partial charge in [-0.2, -0.15) is 0 Å². The van der Waals surface area contributed by atoms with Crippen LogP contribution in [0.1, 0.15) is 19.8 Å². The average Bonchev–Trinajstić information content (AvgIpc) is 2.33. The van der Waals surface area contributed by atoms with Crippen LogP contribution in [0.15, 0.2) is 12.7 Å². The molecule has 2 atom stereocenters. The van der Waals surface area contributed by atoms with Crippen molar-refractivity contribution in [2.24, 2.45) is 5.92 Å². The molecular weight excluding hydrogens is 248 g/mol. The fraction of sp³-hybridized carbons (Fsp3) is 0.692. The number of hydrogen-bond acceptors (Lipinski definition) is 4. The third-order valence-electron chi connectivity index (χ3n) is 3.03. The lowest BCUT2D eigenvalue weighted by molar-refractivity contribution is -0.137. The molecule has 0 aromatic rings. The van der Waals surface area contributed by atoms with Gasteiger partial charge in [-0.1, -0.05) is 19.6 Å². The van der Waals surface area contributed by atoms with Crippen molar-refractivity contribution in [3.8, 4) is 0 Å². The van der Waals surface area contributed by atoms with Gasteiger partial charge in [0.2, 0.25) is 0 Å². The number of carboxylic acid groups (broad SMARTS) is 1. The van der Waals surface area contributed by atoms with Gasteiger partial charge < -0.3 is 20.1 Å². The van der Waals surface area contributed by atoms with E-state index < -0.39 is 12.1 Å². The number of carbonyl (C=O) groups excluding carboxylic acids is 1. The normalized spacial score (nSPS) is 23.6. The number of likely N-dealkylation sites (tertiary alicyclic amines) is 1. The first-order valence-electron chi connectivity index (χ1n) is 6.49. The van der Waals surface area contributed by atoms with Crippen molar-refractivity contribution >= 4 is 12.1 Å². The van der Waals surface area contributed by atoms with Crippen molar-refractivity contribution in [3.63, 3.8) is 0 Å². The molecule has 0 radical (unpaired) electrons. The van der Waals surface area contributed by atoms with Gasteiger partial charge in [-0.15, -0.1) is 0 Å². The smallest absolute Gasteiger partial charge is 0.407 e. The number of amides is 1. The SMILES string of the molecule is C=CCOC(=O)NC1CC(C)CN(CCC(=O)O)C1. The summed E-state index contributed by atoms with van der Waals surface area (Å²) >= 11 is 0. The zero-order valence-corrected chi connectivity index (χ0v) is 11.3. The van der Waals surface area contributed by atoms with Crippen molar-refractivity contribution < 1.29 is 19.4 Å². The van der Waals surface area contributed by atoms with E-state index in [-0.39, 0.29) is 19.1 Å². The van der Waals surface area contributed by atoms with Gasteiger partial charge in [0.05, 0.1) is 6.42 Å². The molecule has 1 amide bonds. The van der Waals surface area contributed by atoms with E-state index in [2.05, 4.69) is 23.7 Å². The Bertz CT molecular complexity index is 333. The number of nitrogens with zero attached hydrogens (tertiary/aromatic N) is 1. The molecule has 1 saturated heterocycles. The summed E-state index contributed by atoms with van der Waals surface area (Å²) in [6, 6.07) is 0.00913. The van der Waals surface area contributed by atoms with E-state index in [1.165, 1.54) is 6.08 Å². The van der Waals surface area contributed by atoms with E-state index >= 15 is 0 Å². The summed E-state index contributed by atoms with van der Waals surface area (Å²) in [5.41, 5.74) is 0.